The Morgan fingerprint density at radius 3 is 3.30 bits per heavy atom. The van der Waals surface area contributed by atoms with Crippen molar-refractivity contribution in [3.8, 4) is 0 Å². The van der Waals surface area contributed by atoms with Gasteiger partial charge in [0.05, 0.1) is 16.0 Å². The molecule has 126 valence electrons. The van der Waals surface area contributed by atoms with Crippen molar-refractivity contribution >= 4 is 11.6 Å². The number of ether oxygens (including phenoxy) is 1. The van der Waals surface area contributed by atoms with Gasteiger partial charge in [0.15, 0.2) is 0 Å². The summed E-state index contributed by atoms with van der Waals surface area (Å²) in [7, 11) is 0. The van der Waals surface area contributed by atoms with Crippen molar-refractivity contribution < 1.29 is 24.6 Å². The molecule has 0 radical (unpaired) electrons. The first-order valence-corrected chi connectivity index (χ1v) is 6.97. The summed E-state index contributed by atoms with van der Waals surface area (Å²) >= 11 is 0. The van der Waals surface area contributed by atoms with Crippen molar-refractivity contribution in [2.24, 2.45) is 6.98 Å². The second kappa shape index (κ2) is 7.97. The predicted molar refractivity (Wildman–Crippen MR) is 91.3 cm³/mol. The third-order valence-electron chi connectivity index (χ3n) is 2.90. The molecule has 1 atom stereocenters. The SMILES string of the molecule is [2H]C1(OC([2H])([2H])C([2H])([2H])C([2H])([2H])[2H])CC=CC=C1Nc1cnn(C([2H])([2H])[2H])c1C(=O)NC(C)C. The average molecular weight is 329 g/mol. The van der Waals surface area contributed by atoms with Crippen molar-refractivity contribution in [2.75, 3.05) is 11.9 Å². The van der Waals surface area contributed by atoms with E-state index >= 15 is 0 Å². The van der Waals surface area contributed by atoms with Gasteiger partial charge in [-0.15, -0.1) is 0 Å². The third-order valence-corrected chi connectivity index (χ3v) is 2.90. The molecule has 1 amide bonds. The quantitative estimate of drug-likeness (QED) is 0.807. The largest absolute Gasteiger partial charge is 0.372 e. The van der Waals surface area contributed by atoms with Crippen LogP contribution in [0.4, 0.5) is 5.69 Å². The summed E-state index contributed by atoms with van der Waals surface area (Å²) in [6.45, 7) is -6.30. The second-order valence-corrected chi connectivity index (χ2v) is 5.04. The normalized spacial score (nSPS) is 29.9. The van der Waals surface area contributed by atoms with Gasteiger partial charge in [0.2, 0.25) is 0 Å². The van der Waals surface area contributed by atoms with E-state index in [2.05, 4.69) is 15.7 Å². The van der Waals surface area contributed by atoms with Gasteiger partial charge >= 0.3 is 0 Å². The van der Waals surface area contributed by atoms with Gasteiger partial charge in [0.1, 0.15) is 11.8 Å². The zero-order valence-corrected chi connectivity index (χ0v) is 12.8. The maximum absolute atomic E-state index is 12.7. The second-order valence-electron chi connectivity index (χ2n) is 5.04. The van der Waals surface area contributed by atoms with E-state index in [-0.39, 0.29) is 29.5 Å². The van der Waals surface area contributed by atoms with Crippen LogP contribution in [-0.2, 0) is 11.7 Å². The summed E-state index contributed by atoms with van der Waals surface area (Å²) in [5, 5.41) is 8.98. The zero-order chi connectivity index (χ0) is 26.3. The van der Waals surface area contributed by atoms with Crippen molar-refractivity contribution in [2.45, 2.75) is 45.6 Å². The van der Waals surface area contributed by atoms with Gasteiger partial charge < -0.3 is 15.4 Å². The number of aryl methyl sites for hydroxylation is 1. The highest BCUT2D eigenvalue weighted by atomic mass is 16.5. The van der Waals surface area contributed by atoms with Gasteiger partial charge in [-0.05, 0) is 32.7 Å². The van der Waals surface area contributed by atoms with Gasteiger partial charge in [-0.1, -0.05) is 19.0 Å². The van der Waals surface area contributed by atoms with Crippen LogP contribution in [0.3, 0.4) is 0 Å². The molecule has 1 unspecified atom stereocenters. The molecule has 1 aliphatic rings. The third kappa shape index (κ3) is 4.45. The lowest BCUT2D eigenvalue weighted by Gasteiger charge is -2.23. The highest BCUT2D eigenvalue weighted by Gasteiger charge is 2.21. The van der Waals surface area contributed by atoms with Crippen LogP contribution in [0.15, 0.2) is 30.1 Å². The minimum Gasteiger partial charge on any atom is -0.372 e. The molecule has 0 spiro atoms. The molecule has 0 aromatic carbocycles. The maximum atomic E-state index is 12.7. The van der Waals surface area contributed by atoms with Gasteiger partial charge in [0.25, 0.3) is 5.91 Å². The first kappa shape index (κ1) is 7.66. The van der Waals surface area contributed by atoms with Gasteiger partial charge in [-0.2, -0.15) is 5.10 Å². The maximum Gasteiger partial charge on any atom is 0.271 e. The number of allylic oxidation sites excluding steroid dienone is 2. The van der Waals surface area contributed by atoms with Crippen LogP contribution in [0.1, 0.15) is 59.1 Å². The van der Waals surface area contributed by atoms with E-state index in [0.717, 1.165) is 6.20 Å². The Bertz CT molecular complexity index is 979. The van der Waals surface area contributed by atoms with Crippen LogP contribution in [-0.4, -0.2) is 34.4 Å². The molecule has 2 rings (SSSR count). The van der Waals surface area contributed by atoms with E-state index < -0.39 is 38.7 Å². The van der Waals surface area contributed by atoms with Crippen molar-refractivity contribution in [1.82, 2.24) is 15.1 Å². The summed E-state index contributed by atoms with van der Waals surface area (Å²) in [4.78, 5) is 12.7. The number of aromatic nitrogens is 2. The van der Waals surface area contributed by atoms with Crippen molar-refractivity contribution in [3.05, 3.63) is 35.8 Å². The molecule has 2 N–H and O–H groups in total. The summed E-state index contributed by atoms with van der Waals surface area (Å²) in [5.74, 6) is -0.774. The summed E-state index contributed by atoms with van der Waals surface area (Å²) in [6, 6.07) is -0.343. The Balaban J connectivity index is 2.48. The molecule has 1 heterocycles. The average Bonchev–Trinajstić information content (AvgIpc) is 3.05. The lowest BCUT2D eigenvalue weighted by atomic mass is 10.1. The number of hydrogen-bond acceptors (Lipinski definition) is 4. The van der Waals surface area contributed by atoms with E-state index in [4.69, 9.17) is 19.8 Å². The molecule has 1 aromatic rings. The minimum atomic E-state index is -3.46. The first-order valence-electron chi connectivity index (χ1n) is 12.5. The van der Waals surface area contributed by atoms with Crippen LogP contribution in [0, 0.1) is 0 Å². The Labute approximate surface area is 153 Å². The van der Waals surface area contributed by atoms with Crippen LogP contribution >= 0.6 is 0 Å². The highest BCUT2D eigenvalue weighted by molar-refractivity contribution is 5.98. The topological polar surface area (TPSA) is 68.2 Å². The zero-order valence-electron chi connectivity index (χ0n) is 23.8. The minimum absolute atomic E-state index is 0.129. The predicted octanol–water partition coefficient (Wildman–Crippen LogP) is 2.61. The Hall–Kier alpha value is -2.08. The molecule has 0 fully saturated rings. The van der Waals surface area contributed by atoms with E-state index in [1.165, 1.54) is 18.2 Å². The fraction of sp³-hybridized carbons (Fsp3) is 0.529. The summed E-state index contributed by atoms with van der Waals surface area (Å²) in [5.41, 5.74) is -0.702. The molecule has 0 aliphatic heterocycles. The molecular formula is C17H26N4O2. The molecule has 6 heteroatoms. The van der Waals surface area contributed by atoms with E-state index in [1.54, 1.807) is 13.8 Å². The Kier molecular flexibility index (Phi) is 2.65. The number of nitrogens with one attached hydrogen (secondary N) is 2. The number of rotatable bonds is 7. The standard InChI is InChI=1S/C17H26N4O2/c1-5-10-23-15-9-7-6-8-13(15)20-14-11-18-21(4)16(14)17(22)19-12(2)3/h6-8,11-12,15,20H,5,9-10H2,1-4H3,(H,19,22)/i1D3,4D3,5D2,10D2,15D. The van der Waals surface area contributed by atoms with E-state index in [0.29, 0.717) is 4.68 Å². The summed E-state index contributed by atoms with van der Waals surface area (Å²) < 4.78 is 90.5. The van der Waals surface area contributed by atoms with Crippen molar-refractivity contribution in [1.29, 1.82) is 0 Å². The highest BCUT2D eigenvalue weighted by Crippen LogP contribution is 2.22. The number of carbonyl (C=O) groups excluding carboxylic acids is 1. The molecule has 0 bridgehead atoms. The molecule has 6 nitrogen and oxygen atoms in total. The fourth-order valence-electron chi connectivity index (χ4n) is 1.97. The number of hydrogen-bond donors (Lipinski definition) is 2. The van der Waals surface area contributed by atoms with E-state index in [1.807, 2.05) is 0 Å². The lowest BCUT2D eigenvalue weighted by molar-refractivity contribution is 0.0798. The molecule has 1 aliphatic carbocycles. The van der Waals surface area contributed by atoms with Crippen LogP contribution in [0.25, 0.3) is 0 Å². The van der Waals surface area contributed by atoms with E-state index in [9.17, 15) is 4.79 Å². The molecule has 0 saturated carbocycles. The Morgan fingerprint density at radius 1 is 1.70 bits per heavy atom. The molecule has 23 heavy (non-hydrogen) atoms. The van der Waals surface area contributed by atoms with Crippen LogP contribution in [0.2, 0.25) is 0 Å². The number of nitrogens with zero attached hydrogens (tertiary/aromatic N) is 2. The van der Waals surface area contributed by atoms with Crippen molar-refractivity contribution in [3.63, 3.8) is 0 Å². The number of carbonyl (C=O) groups is 1. The fourth-order valence-corrected chi connectivity index (χ4v) is 1.97. The number of amides is 1. The first-order chi connectivity index (χ1) is 15.2. The summed E-state index contributed by atoms with van der Waals surface area (Å²) in [6.07, 6.45) is -0.874. The lowest BCUT2D eigenvalue weighted by Crippen LogP contribution is -2.32. The number of anilines is 1. The molecular weight excluding hydrogens is 292 g/mol. The van der Waals surface area contributed by atoms with Crippen LogP contribution < -0.4 is 10.6 Å². The van der Waals surface area contributed by atoms with Crippen LogP contribution in [0.5, 0.6) is 0 Å². The molecule has 1 aromatic heterocycles. The molecule has 0 saturated heterocycles. The van der Waals surface area contributed by atoms with Gasteiger partial charge in [0, 0.05) is 36.2 Å². The monoisotopic (exact) mass is 329 g/mol. The van der Waals surface area contributed by atoms with Gasteiger partial charge in [-0.25, -0.2) is 0 Å². The Morgan fingerprint density at radius 2 is 2.57 bits per heavy atom. The van der Waals surface area contributed by atoms with Gasteiger partial charge in [-0.3, -0.25) is 9.48 Å². The smallest absolute Gasteiger partial charge is 0.271 e.